The number of carbonyl (C=O) groups excluding carboxylic acids is 8. The molecule has 0 aromatic heterocycles. The largest absolute Gasteiger partial charge is 0.481 e. The van der Waals surface area contributed by atoms with E-state index in [1.165, 1.54) is 0 Å². The number of allylic oxidation sites excluding steroid dienone is 16. The molecule has 0 aliphatic heterocycles. The Labute approximate surface area is 604 Å². The third-order valence-corrected chi connectivity index (χ3v) is 17.1. The normalized spacial score (nSPS) is 16.9. The van der Waals surface area contributed by atoms with Crippen molar-refractivity contribution in [3.8, 4) is 46.0 Å². The Balaban J connectivity index is 1.57. The first kappa shape index (κ1) is 77.1. The molecule has 5 aliphatic rings. The molecular formula is C80H88O24. The first-order valence-electron chi connectivity index (χ1n) is 34.9. The fourth-order valence-corrected chi connectivity index (χ4v) is 13.1. The average Bonchev–Trinajstić information content (AvgIpc) is 0.990. The van der Waals surface area contributed by atoms with Crippen LogP contribution >= 0.6 is 0 Å². The van der Waals surface area contributed by atoms with Crippen molar-refractivity contribution in [2.24, 2.45) is 23.7 Å². The molecule has 8 bridgehead atoms. The van der Waals surface area contributed by atoms with Crippen LogP contribution in [-0.4, -0.2) is 153 Å². The average molecular weight is 1430 g/mol. The van der Waals surface area contributed by atoms with Gasteiger partial charge in [0.25, 0.3) is 0 Å². The second-order valence-corrected chi connectivity index (χ2v) is 23.8. The van der Waals surface area contributed by atoms with Crippen LogP contribution in [0.4, 0.5) is 0 Å². The van der Waals surface area contributed by atoms with Gasteiger partial charge in [-0.1, -0.05) is 97.2 Å². The molecule has 4 aromatic rings. The predicted octanol–water partition coefficient (Wildman–Crippen LogP) is 11.0. The smallest absolute Gasteiger partial charge is 0.344 e. The SMILES string of the molecule is CCOC(=O)COc1cc(OCC(=O)OCC)c2cc1C(C1C=CC=C1)c1cc(c(OCC(=O)OCC)cc1OCC(=O)OCC)C(C1C=CC=C1)c1cc(c(OCC(=O)OCC)cc1OCC(=O)OCC)C(C1C=CC=C1)c1cc(c(OCC(=O)OCC)cc1OCC(=O)OCC)C2C1C=CC=C1. The Morgan fingerprint density at radius 2 is 0.337 bits per heavy atom. The third-order valence-electron chi connectivity index (χ3n) is 17.1. The Kier molecular flexibility index (Phi) is 28.4. The molecule has 0 atom stereocenters. The van der Waals surface area contributed by atoms with E-state index in [4.69, 9.17) is 75.8 Å². The molecule has 24 nitrogen and oxygen atoms in total. The minimum absolute atomic E-state index is 0.0111. The van der Waals surface area contributed by atoms with Gasteiger partial charge >= 0.3 is 47.8 Å². The monoisotopic (exact) mass is 1430 g/mol. The standard InChI is InChI=1S/C80H88O24/c1-9-89-69(81)41-97-61-37-62(98-42-70(82)90-10-2)54-33-53(61)77(49-25-17-18-26-49)55-34-56(64(100-44-72(84)92-12-4)38-63(55)99-43-71(83)91-11-3)79(51-29-21-22-30-51)59-36-60(68(104-48-76(88)96-16-8)40-67(59)103-47-75(87)95-15-7)80(52-31-23-24-32-52)58-35-57(78(54)50-27-19-20-28-50)65(101-45-73(85)93-13-5)39-66(58)102-46-74(86)94-14-6/h17-40,49-52,77-80H,9-16,41-48H2,1-8H3. The van der Waals surface area contributed by atoms with Gasteiger partial charge in [-0.05, 0) is 79.7 Å². The lowest BCUT2D eigenvalue weighted by Crippen LogP contribution is -2.24. The van der Waals surface area contributed by atoms with Crippen LogP contribution in [0.2, 0.25) is 0 Å². The van der Waals surface area contributed by atoms with Crippen molar-refractivity contribution in [1.29, 1.82) is 0 Å². The van der Waals surface area contributed by atoms with Gasteiger partial charge in [-0.3, -0.25) is 0 Å². The van der Waals surface area contributed by atoms with E-state index in [-0.39, 0.29) is 98.9 Å². The zero-order chi connectivity index (χ0) is 74.1. The molecular weight excluding hydrogens is 1340 g/mol. The van der Waals surface area contributed by atoms with E-state index in [1.807, 2.05) is 121 Å². The summed E-state index contributed by atoms with van der Waals surface area (Å²) in [6, 6.07) is 13.7. The highest BCUT2D eigenvalue weighted by molar-refractivity contribution is 5.77. The first-order valence-corrected chi connectivity index (χ1v) is 34.9. The summed E-state index contributed by atoms with van der Waals surface area (Å²) >= 11 is 0. The molecule has 0 amide bonds. The number of rotatable bonds is 36. The fourth-order valence-electron chi connectivity index (χ4n) is 13.1. The summed E-state index contributed by atoms with van der Waals surface area (Å²) in [5, 5.41) is 0. The molecule has 0 saturated heterocycles. The van der Waals surface area contributed by atoms with Crippen LogP contribution in [0.1, 0.15) is 124 Å². The maximum Gasteiger partial charge on any atom is 0.344 e. The summed E-state index contributed by atoms with van der Waals surface area (Å²) in [6.45, 7) is 8.24. The molecule has 9 rings (SSSR count). The second-order valence-electron chi connectivity index (χ2n) is 23.8. The second kappa shape index (κ2) is 38.3. The maximum atomic E-state index is 13.7. The van der Waals surface area contributed by atoms with Crippen LogP contribution in [0, 0.1) is 23.7 Å². The van der Waals surface area contributed by atoms with Crippen molar-refractivity contribution >= 4 is 47.8 Å². The molecule has 104 heavy (non-hydrogen) atoms. The summed E-state index contributed by atoms with van der Waals surface area (Å²) < 4.78 is 97.5. The van der Waals surface area contributed by atoms with Gasteiger partial charge in [-0.25, -0.2) is 38.4 Å². The van der Waals surface area contributed by atoms with Gasteiger partial charge in [-0.2, -0.15) is 0 Å². The Bertz CT molecular complexity index is 3280. The van der Waals surface area contributed by atoms with Gasteiger partial charge in [0.1, 0.15) is 46.0 Å². The van der Waals surface area contributed by atoms with Gasteiger partial charge in [0, 0.05) is 116 Å². The highest BCUT2D eigenvalue weighted by Gasteiger charge is 2.41. The lowest BCUT2D eigenvalue weighted by molar-refractivity contribution is -0.146. The minimum Gasteiger partial charge on any atom is -0.481 e. The van der Waals surface area contributed by atoms with Crippen molar-refractivity contribution in [1.82, 2.24) is 0 Å². The lowest BCUT2D eigenvalue weighted by Gasteiger charge is -2.35. The van der Waals surface area contributed by atoms with E-state index in [1.54, 1.807) is 79.7 Å². The summed E-state index contributed by atoms with van der Waals surface area (Å²) in [7, 11) is 0. The number of esters is 8. The molecule has 0 spiro atoms. The minimum atomic E-state index is -1.01. The first-order chi connectivity index (χ1) is 50.5. The van der Waals surface area contributed by atoms with Gasteiger partial charge in [-0.15, -0.1) is 0 Å². The summed E-state index contributed by atoms with van der Waals surface area (Å²) in [6.07, 6.45) is 30.4. The number of carbonyl (C=O) groups is 8. The molecule has 0 fully saturated rings. The number of ether oxygens (including phenoxy) is 16. The van der Waals surface area contributed by atoms with Gasteiger partial charge in [0.15, 0.2) is 52.9 Å². The van der Waals surface area contributed by atoms with E-state index < -0.39 is 148 Å². The van der Waals surface area contributed by atoms with Crippen LogP contribution < -0.4 is 37.9 Å². The highest BCUT2D eigenvalue weighted by atomic mass is 16.6. The van der Waals surface area contributed by atoms with Gasteiger partial charge in [0.05, 0.1) is 52.9 Å². The summed E-state index contributed by atoms with van der Waals surface area (Å²) in [5.41, 5.74) is 2.95. The lowest BCUT2D eigenvalue weighted by atomic mass is 9.72. The zero-order valence-corrected chi connectivity index (χ0v) is 59.6. The molecule has 0 radical (unpaired) electrons. The Morgan fingerprint density at radius 1 is 0.212 bits per heavy atom. The van der Waals surface area contributed by atoms with Crippen molar-refractivity contribution < 1.29 is 114 Å². The molecule has 552 valence electrons. The molecule has 0 N–H and O–H groups in total. The van der Waals surface area contributed by atoms with E-state index in [2.05, 4.69) is 0 Å². The molecule has 4 aromatic carbocycles. The van der Waals surface area contributed by atoms with Crippen molar-refractivity contribution in [2.45, 2.75) is 79.1 Å². The van der Waals surface area contributed by atoms with E-state index >= 15 is 0 Å². The number of hydrogen-bond donors (Lipinski definition) is 0. The van der Waals surface area contributed by atoms with Crippen LogP contribution in [0.15, 0.2) is 146 Å². The summed E-state index contributed by atoms with van der Waals surface area (Å²) in [4.78, 5) is 110. The topological polar surface area (TPSA) is 284 Å². The molecule has 0 unspecified atom stereocenters. The zero-order valence-electron chi connectivity index (χ0n) is 59.6. The predicted molar refractivity (Wildman–Crippen MR) is 377 cm³/mol. The molecule has 24 heteroatoms. The molecule has 5 aliphatic carbocycles. The van der Waals surface area contributed by atoms with Crippen molar-refractivity contribution in [3.63, 3.8) is 0 Å². The van der Waals surface area contributed by atoms with E-state index in [0.717, 1.165) is 0 Å². The fraction of sp³-hybridized carbons (Fsp3) is 0.400. The maximum absolute atomic E-state index is 13.7. The Morgan fingerprint density at radius 3 is 0.452 bits per heavy atom. The van der Waals surface area contributed by atoms with Crippen molar-refractivity contribution in [3.05, 3.63) is 190 Å². The quantitative estimate of drug-likeness (QED) is 0.0302. The van der Waals surface area contributed by atoms with Crippen LogP contribution in [-0.2, 0) is 76.3 Å². The Hall–Kier alpha value is -11.0. The van der Waals surface area contributed by atoms with Crippen molar-refractivity contribution in [2.75, 3.05) is 106 Å². The molecule has 0 heterocycles. The van der Waals surface area contributed by atoms with Gasteiger partial charge < -0.3 is 75.8 Å². The third kappa shape index (κ3) is 19.8. The summed E-state index contributed by atoms with van der Waals surface area (Å²) in [5.74, 6) is -12.1. The van der Waals surface area contributed by atoms with Crippen LogP contribution in [0.3, 0.4) is 0 Å². The van der Waals surface area contributed by atoms with Crippen LogP contribution in [0.25, 0.3) is 0 Å². The van der Waals surface area contributed by atoms with E-state index in [0.29, 0.717) is 44.5 Å². The highest BCUT2D eigenvalue weighted by Crippen LogP contribution is 2.57. The van der Waals surface area contributed by atoms with E-state index in [9.17, 15) is 38.4 Å². The van der Waals surface area contributed by atoms with Crippen LogP contribution in [0.5, 0.6) is 46.0 Å². The number of fused-ring (bicyclic) bond motifs is 8. The van der Waals surface area contributed by atoms with Gasteiger partial charge in [0.2, 0.25) is 0 Å². The number of benzene rings is 4. The number of hydrogen-bond acceptors (Lipinski definition) is 24. The molecule has 0 saturated carbocycles.